The van der Waals surface area contributed by atoms with Gasteiger partial charge in [0.15, 0.2) is 5.65 Å². The van der Waals surface area contributed by atoms with E-state index >= 15 is 0 Å². The molecular formula is C25H32N4O. The number of aromatic nitrogens is 3. The molecule has 1 N–H and O–H groups in total. The molecule has 2 heterocycles. The van der Waals surface area contributed by atoms with Crippen LogP contribution in [0.2, 0.25) is 0 Å². The summed E-state index contributed by atoms with van der Waals surface area (Å²) in [4.78, 5) is 17.9. The number of fused-ring (bicyclic) bond motifs is 1. The molecular weight excluding hydrogens is 372 g/mol. The average Bonchev–Trinajstić information content (AvgIpc) is 3.14. The van der Waals surface area contributed by atoms with Gasteiger partial charge in [-0.1, -0.05) is 51.0 Å². The summed E-state index contributed by atoms with van der Waals surface area (Å²) in [6, 6.07) is 8.65. The van der Waals surface area contributed by atoms with Crippen LogP contribution < -0.4 is 5.32 Å². The van der Waals surface area contributed by atoms with Gasteiger partial charge in [0.2, 0.25) is 0 Å². The smallest absolute Gasteiger partial charge is 0.256 e. The third-order valence-corrected chi connectivity index (χ3v) is 7.11. The molecule has 0 spiro atoms. The van der Waals surface area contributed by atoms with Crippen LogP contribution in [0.5, 0.6) is 0 Å². The van der Waals surface area contributed by atoms with Gasteiger partial charge in [-0.05, 0) is 55.7 Å². The number of benzene rings is 1. The zero-order valence-corrected chi connectivity index (χ0v) is 18.7. The summed E-state index contributed by atoms with van der Waals surface area (Å²) >= 11 is 0. The molecule has 158 valence electrons. The van der Waals surface area contributed by atoms with Crippen LogP contribution in [-0.2, 0) is 6.42 Å². The highest BCUT2D eigenvalue weighted by atomic mass is 16.1. The van der Waals surface area contributed by atoms with E-state index in [1.807, 2.05) is 11.4 Å². The lowest BCUT2D eigenvalue weighted by Gasteiger charge is -2.34. The maximum Gasteiger partial charge on any atom is 0.256 e. The molecule has 1 aromatic carbocycles. The highest BCUT2D eigenvalue weighted by Gasteiger charge is 2.29. The Morgan fingerprint density at radius 3 is 2.70 bits per heavy atom. The highest BCUT2D eigenvalue weighted by Crippen LogP contribution is 2.30. The molecule has 0 unspecified atom stereocenters. The minimum Gasteiger partial charge on any atom is -0.349 e. The molecule has 0 saturated heterocycles. The fourth-order valence-electron chi connectivity index (χ4n) is 4.76. The van der Waals surface area contributed by atoms with Crippen molar-refractivity contribution in [1.29, 1.82) is 0 Å². The van der Waals surface area contributed by atoms with E-state index in [0.29, 0.717) is 23.0 Å². The predicted molar refractivity (Wildman–Crippen MR) is 120 cm³/mol. The number of carbonyl (C=O) groups excluding carboxylic acids is 1. The van der Waals surface area contributed by atoms with Crippen LogP contribution in [-0.4, -0.2) is 26.5 Å². The Hall–Kier alpha value is -2.69. The Labute approximate surface area is 178 Å². The largest absolute Gasteiger partial charge is 0.349 e. The number of nitrogens with one attached hydrogen (secondary N) is 1. The molecule has 2 aromatic heterocycles. The molecule has 0 aliphatic heterocycles. The Morgan fingerprint density at radius 1 is 1.17 bits per heavy atom. The fourth-order valence-corrected chi connectivity index (χ4v) is 4.76. The average molecular weight is 405 g/mol. The topological polar surface area (TPSA) is 59.3 Å². The van der Waals surface area contributed by atoms with Gasteiger partial charge in [0.1, 0.15) is 5.56 Å². The van der Waals surface area contributed by atoms with Crippen LogP contribution in [0.1, 0.15) is 71.5 Å². The summed E-state index contributed by atoms with van der Waals surface area (Å²) in [6.45, 7) is 10.8. The van der Waals surface area contributed by atoms with Crippen LogP contribution in [0, 0.1) is 32.6 Å². The number of rotatable bonds is 4. The van der Waals surface area contributed by atoms with Gasteiger partial charge in [0.25, 0.3) is 5.91 Å². The zero-order valence-electron chi connectivity index (χ0n) is 18.7. The van der Waals surface area contributed by atoms with Crippen molar-refractivity contribution in [3.63, 3.8) is 0 Å². The molecule has 3 atom stereocenters. The summed E-state index contributed by atoms with van der Waals surface area (Å²) in [5.74, 6) is 1.06. The molecule has 1 saturated carbocycles. The second-order valence-electron chi connectivity index (χ2n) is 9.01. The summed E-state index contributed by atoms with van der Waals surface area (Å²) in [7, 11) is 0. The first kappa shape index (κ1) is 20.6. The van der Waals surface area contributed by atoms with Gasteiger partial charge in [-0.2, -0.15) is 5.10 Å². The first-order valence-corrected chi connectivity index (χ1v) is 11.1. The maximum absolute atomic E-state index is 13.1. The Morgan fingerprint density at radius 2 is 1.93 bits per heavy atom. The number of amides is 1. The SMILES string of the molecule is Cc1ccccc1Cc1c(C)nc2c(C(=O)N[C@@H]3CCC[C@@H](C)[C@@H]3C)cnn2c1C. The lowest BCUT2D eigenvalue weighted by molar-refractivity contribution is 0.0892. The summed E-state index contributed by atoms with van der Waals surface area (Å²) in [6.07, 6.45) is 5.94. The fraction of sp³-hybridized carbons (Fsp3) is 0.480. The van der Waals surface area contributed by atoms with Gasteiger partial charge >= 0.3 is 0 Å². The standard InChI is InChI=1S/C25H32N4O/c1-15-10-8-12-23(17(15)3)28-25(30)22-14-26-29-19(5)21(18(4)27-24(22)29)13-20-11-7-6-9-16(20)2/h6-7,9,11,14-15,17,23H,8,10,12-13H2,1-5H3,(H,28,30)/t15-,17+,23-/m1/s1. The molecule has 4 rings (SSSR count). The number of carbonyl (C=O) groups is 1. The maximum atomic E-state index is 13.1. The molecule has 5 heteroatoms. The van der Waals surface area contributed by atoms with Crippen molar-refractivity contribution in [2.45, 2.75) is 66.3 Å². The van der Waals surface area contributed by atoms with Crippen molar-refractivity contribution in [1.82, 2.24) is 19.9 Å². The minimum atomic E-state index is -0.0612. The van der Waals surface area contributed by atoms with Crippen molar-refractivity contribution in [2.75, 3.05) is 0 Å². The van der Waals surface area contributed by atoms with Crippen molar-refractivity contribution in [2.24, 2.45) is 11.8 Å². The van der Waals surface area contributed by atoms with E-state index in [1.54, 1.807) is 6.20 Å². The van der Waals surface area contributed by atoms with E-state index in [2.05, 4.69) is 62.4 Å². The highest BCUT2D eigenvalue weighted by molar-refractivity contribution is 5.99. The molecule has 1 aliphatic carbocycles. The minimum absolute atomic E-state index is 0.0612. The Bertz CT molecular complexity index is 1080. The third-order valence-electron chi connectivity index (χ3n) is 7.11. The van der Waals surface area contributed by atoms with Crippen molar-refractivity contribution < 1.29 is 4.79 Å². The van der Waals surface area contributed by atoms with E-state index in [4.69, 9.17) is 4.98 Å². The van der Waals surface area contributed by atoms with E-state index in [0.717, 1.165) is 24.2 Å². The molecule has 1 aliphatic rings. The van der Waals surface area contributed by atoms with E-state index in [-0.39, 0.29) is 11.9 Å². The number of nitrogens with zero attached hydrogens (tertiary/aromatic N) is 3. The van der Waals surface area contributed by atoms with Crippen molar-refractivity contribution in [3.05, 3.63) is 64.1 Å². The molecule has 0 bridgehead atoms. The Kier molecular flexibility index (Phi) is 5.63. The molecule has 30 heavy (non-hydrogen) atoms. The quantitative estimate of drug-likeness (QED) is 0.679. The number of hydrogen-bond donors (Lipinski definition) is 1. The lowest BCUT2D eigenvalue weighted by atomic mass is 9.78. The first-order valence-electron chi connectivity index (χ1n) is 11.1. The van der Waals surface area contributed by atoms with Crippen molar-refractivity contribution in [3.8, 4) is 0 Å². The summed E-state index contributed by atoms with van der Waals surface area (Å²) < 4.78 is 1.82. The molecule has 0 radical (unpaired) electrons. The lowest BCUT2D eigenvalue weighted by Crippen LogP contribution is -2.43. The number of aryl methyl sites for hydroxylation is 3. The molecule has 3 aromatic rings. The van der Waals surface area contributed by atoms with Crippen LogP contribution in [0.4, 0.5) is 0 Å². The molecule has 1 fully saturated rings. The van der Waals surface area contributed by atoms with Gasteiger partial charge < -0.3 is 5.32 Å². The van der Waals surface area contributed by atoms with E-state index < -0.39 is 0 Å². The van der Waals surface area contributed by atoms with Gasteiger partial charge in [0.05, 0.1) is 6.20 Å². The zero-order chi connectivity index (χ0) is 21.4. The van der Waals surface area contributed by atoms with E-state index in [1.165, 1.54) is 29.5 Å². The third kappa shape index (κ3) is 3.73. The normalized spacial score (nSPS) is 21.7. The predicted octanol–water partition coefficient (Wildman–Crippen LogP) is 4.80. The molecule has 5 nitrogen and oxygen atoms in total. The van der Waals surface area contributed by atoms with Crippen LogP contribution >= 0.6 is 0 Å². The monoisotopic (exact) mass is 404 g/mol. The van der Waals surface area contributed by atoms with Crippen LogP contribution in [0.3, 0.4) is 0 Å². The van der Waals surface area contributed by atoms with Gasteiger partial charge in [-0.15, -0.1) is 0 Å². The van der Waals surface area contributed by atoms with Gasteiger partial charge in [0, 0.05) is 23.9 Å². The number of hydrogen-bond acceptors (Lipinski definition) is 3. The second kappa shape index (κ2) is 8.21. The second-order valence-corrected chi connectivity index (χ2v) is 9.01. The van der Waals surface area contributed by atoms with Gasteiger partial charge in [-0.25, -0.2) is 9.50 Å². The van der Waals surface area contributed by atoms with Gasteiger partial charge in [-0.3, -0.25) is 4.79 Å². The van der Waals surface area contributed by atoms with Crippen molar-refractivity contribution >= 4 is 11.6 Å². The van der Waals surface area contributed by atoms with Crippen LogP contribution in [0.15, 0.2) is 30.5 Å². The molecule has 1 amide bonds. The summed E-state index contributed by atoms with van der Waals surface area (Å²) in [5.41, 5.74) is 6.93. The van der Waals surface area contributed by atoms with E-state index in [9.17, 15) is 4.79 Å². The summed E-state index contributed by atoms with van der Waals surface area (Å²) in [5, 5.41) is 7.79. The van der Waals surface area contributed by atoms with Crippen LogP contribution in [0.25, 0.3) is 5.65 Å². The first-order chi connectivity index (χ1) is 14.4. The Balaban J connectivity index is 1.64.